The molecule has 1 unspecified atom stereocenters. The molecule has 2 aliphatic heterocycles. The molecule has 0 radical (unpaired) electrons. The molecule has 0 amide bonds. The lowest BCUT2D eigenvalue weighted by Crippen LogP contribution is -2.47. The molecule has 0 bridgehead atoms. The molecule has 0 N–H and O–H groups in total. The van der Waals surface area contributed by atoms with Gasteiger partial charge in [-0.3, -0.25) is 0 Å². The molecule has 0 aliphatic carbocycles. The second kappa shape index (κ2) is 4.00. The van der Waals surface area contributed by atoms with Crippen molar-refractivity contribution in [1.82, 2.24) is 0 Å². The largest absolute Gasteiger partial charge is 0.323 e. The summed E-state index contributed by atoms with van der Waals surface area (Å²) in [4.78, 5) is 0. The SMILES string of the molecule is CC1CC[N+]2(CCCCCCC2)C1. The summed E-state index contributed by atoms with van der Waals surface area (Å²) < 4.78 is 1.49. The Kier molecular flexibility index (Phi) is 2.92. The van der Waals surface area contributed by atoms with Gasteiger partial charge in [-0.2, -0.15) is 0 Å². The predicted molar refractivity (Wildman–Crippen MR) is 56.6 cm³/mol. The molecule has 2 saturated heterocycles. The summed E-state index contributed by atoms with van der Waals surface area (Å²) >= 11 is 0. The van der Waals surface area contributed by atoms with Crippen LogP contribution in [0.15, 0.2) is 0 Å². The third-order valence-corrected chi connectivity index (χ3v) is 4.06. The predicted octanol–water partition coefficient (Wildman–Crippen LogP) is 2.81. The summed E-state index contributed by atoms with van der Waals surface area (Å²) in [6.45, 7) is 8.39. The van der Waals surface area contributed by atoms with E-state index in [1.165, 1.54) is 69.2 Å². The molecule has 1 heteroatoms. The lowest BCUT2D eigenvalue weighted by atomic mass is 10.1. The molecule has 0 aromatic rings. The first kappa shape index (κ1) is 9.51. The summed E-state index contributed by atoms with van der Waals surface area (Å²) in [5.74, 6) is 0.999. The molecule has 0 aromatic carbocycles. The molecule has 1 spiro atoms. The topological polar surface area (TPSA) is 0 Å². The highest BCUT2D eigenvalue weighted by Gasteiger charge is 2.35. The standard InChI is InChI=1S/C12H24N/c1-12-7-10-13(11-12)8-5-3-2-4-6-9-13/h12H,2-11H2,1H3/q+1. The van der Waals surface area contributed by atoms with Gasteiger partial charge >= 0.3 is 0 Å². The highest BCUT2D eigenvalue weighted by Crippen LogP contribution is 2.27. The van der Waals surface area contributed by atoms with Crippen molar-refractivity contribution in [3.05, 3.63) is 0 Å². The molecule has 0 aromatic heterocycles. The fourth-order valence-electron chi connectivity index (χ4n) is 3.28. The Balaban J connectivity index is 1.94. The first-order valence-corrected chi connectivity index (χ1v) is 6.16. The number of hydrogen-bond donors (Lipinski definition) is 0. The fourth-order valence-corrected chi connectivity index (χ4v) is 3.28. The van der Waals surface area contributed by atoms with Crippen LogP contribution in [0.4, 0.5) is 0 Å². The van der Waals surface area contributed by atoms with E-state index in [0.29, 0.717) is 0 Å². The van der Waals surface area contributed by atoms with Gasteiger partial charge in [0.15, 0.2) is 0 Å². The molecular formula is C12H24N+. The maximum atomic E-state index is 2.44. The Labute approximate surface area is 82.7 Å². The summed E-state index contributed by atoms with van der Waals surface area (Å²) in [6.07, 6.45) is 8.96. The zero-order valence-electron chi connectivity index (χ0n) is 9.10. The highest BCUT2D eigenvalue weighted by molar-refractivity contribution is 4.64. The van der Waals surface area contributed by atoms with Crippen LogP contribution in [0.2, 0.25) is 0 Å². The van der Waals surface area contributed by atoms with E-state index in [1.54, 1.807) is 0 Å². The van der Waals surface area contributed by atoms with E-state index in [4.69, 9.17) is 0 Å². The molecule has 2 fully saturated rings. The van der Waals surface area contributed by atoms with Crippen molar-refractivity contribution in [2.75, 3.05) is 26.2 Å². The average molecular weight is 182 g/mol. The van der Waals surface area contributed by atoms with Gasteiger partial charge in [0.25, 0.3) is 0 Å². The summed E-state index contributed by atoms with van der Waals surface area (Å²) in [5.41, 5.74) is 0. The van der Waals surface area contributed by atoms with Crippen LogP contribution in [0, 0.1) is 5.92 Å². The van der Waals surface area contributed by atoms with E-state index in [2.05, 4.69) is 6.92 Å². The Morgan fingerprint density at radius 2 is 1.46 bits per heavy atom. The Hall–Kier alpha value is -0.0400. The van der Waals surface area contributed by atoms with Crippen molar-refractivity contribution in [3.8, 4) is 0 Å². The lowest BCUT2D eigenvalue weighted by molar-refractivity contribution is -0.918. The van der Waals surface area contributed by atoms with Crippen LogP contribution >= 0.6 is 0 Å². The van der Waals surface area contributed by atoms with Gasteiger partial charge in [0, 0.05) is 12.3 Å². The highest BCUT2D eigenvalue weighted by atomic mass is 15.4. The number of rotatable bonds is 0. The second-order valence-electron chi connectivity index (χ2n) is 5.36. The molecule has 0 saturated carbocycles. The van der Waals surface area contributed by atoms with Crippen LogP contribution in [-0.4, -0.2) is 30.7 Å². The Morgan fingerprint density at radius 3 is 2.00 bits per heavy atom. The minimum absolute atomic E-state index is 0.999. The minimum Gasteiger partial charge on any atom is -0.323 e. The van der Waals surface area contributed by atoms with Crippen LogP contribution in [0.5, 0.6) is 0 Å². The summed E-state index contributed by atoms with van der Waals surface area (Å²) in [6, 6.07) is 0. The summed E-state index contributed by atoms with van der Waals surface area (Å²) in [7, 11) is 0. The summed E-state index contributed by atoms with van der Waals surface area (Å²) in [5, 5.41) is 0. The molecule has 76 valence electrons. The first-order valence-electron chi connectivity index (χ1n) is 6.16. The second-order valence-corrected chi connectivity index (χ2v) is 5.36. The molecule has 13 heavy (non-hydrogen) atoms. The van der Waals surface area contributed by atoms with Crippen LogP contribution in [0.3, 0.4) is 0 Å². The van der Waals surface area contributed by atoms with Gasteiger partial charge in [0.05, 0.1) is 26.2 Å². The van der Waals surface area contributed by atoms with Gasteiger partial charge in [-0.15, -0.1) is 0 Å². The van der Waals surface area contributed by atoms with Gasteiger partial charge in [-0.05, 0) is 25.7 Å². The lowest BCUT2D eigenvalue weighted by Gasteiger charge is -2.36. The normalized spacial score (nSPS) is 34.4. The maximum absolute atomic E-state index is 2.44. The third kappa shape index (κ3) is 2.25. The zero-order chi connectivity index (χ0) is 9.15. The monoisotopic (exact) mass is 182 g/mol. The van der Waals surface area contributed by atoms with E-state index in [0.717, 1.165) is 5.92 Å². The Morgan fingerprint density at radius 1 is 0.846 bits per heavy atom. The molecule has 1 nitrogen and oxygen atoms in total. The van der Waals surface area contributed by atoms with Crippen molar-refractivity contribution >= 4 is 0 Å². The third-order valence-electron chi connectivity index (χ3n) is 4.06. The van der Waals surface area contributed by atoms with E-state index in [9.17, 15) is 0 Å². The molecule has 2 aliphatic rings. The first-order chi connectivity index (χ1) is 6.31. The number of nitrogens with zero attached hydrogens (tertiary/aromatic N) is 1. The number of quaternary nitrogens is 1. The van der Waals surface area contributed by atoms with Gasteiger partial charge in [-0.25, -0.2) is 0 Å². The molecule has 2 rings (SSSR count). The van der Waals surface area contributed by atoms with Crippen molar-refractivity contribution < 1.29 is 4.48 Å². The van der Waals surface area contributed by atoms with Crippen LogP contribution in [0.1, 0.15) is 45.4 Å². The van der Waals surface area contributed by atoms with Gasteiger partial charge in [-0.1, -0.05) is 13.3 Å². The average Bonchev–Trinajstić information content (AvgIpc) is 2.42. The molecule has 1 atom stereocenters. The van der Waals surface area contributed by atoms with E-state index in [1.807, 2.05) is 0 Å². The maximum Gasteiger partial charge on any atom is 0.0814 e. The van der Waals surface area contributed by atoms with Crippen molar-refractivity contribution in [2.45, 2.75) is 45.4 Å². The van der Waals surface area contributed by atoms with Gasteiger partial charge in [0.2, 0.25) is 0 Å². The van der Waals surface area contributed by atoms with Crippen LogP contribution in [-0.2, 0) is 0 Å². The van der Waals surface area contributed by atoms with Crippen molar-refractivity contribution in [1.29, 1.82) is 0 Å². The molecular weight excluding hydrogens is 158 g/mol. The number of hydrogen-bond acceptors (Lipinski definition) is 0. The van der Waals surface area contributed by atoms with Crippen LogP contribution in [0.25, 0.3) is 0 Å². The van der Waals surface area contributed by atoms with Crippen LogP contribution < -0.4 is 0 Å². The van der Waals surface area contributed by atoms with E-state index in [-0.39, 0.29) is 0 Å². The van der Waals surface area contributed by atoms with Crippen molar-refractivity contribution in [2.24, 2.45) is 5.92 Å². The fraction of sp³-hybridized carbons (Fsp3) is 1.00. The van der Waals surface area contributed by atoms with E-state index >= 15 is 0 Å². The zero-order valence-corrected chi connectivity index (χ0v) is 9.10. The smallest absolute Gasteiger partial charge is 0.0814 e. The quantitative estimate of drug-likeness (QED) is 0.505. The molecule has 2 heterocycles. The van der Waals surface area contributed by atoms with Gasteiger partial charge < -0.3 is 4.48 Å². The van der Waals surface area contributed by atoms with E-state index < -0.39 is 0 Å². The van der Waals surface area contributed by atoms with Gasteiger partial charge in [0.1, 0.15) is 0 Å². The Bertz CT molecular complexity index is 157. The minimum atomic E-state index is 0.999. The van der Waals surface area contributed by atoms with Crippen molar-refractivity contribution in [3.63, 3.8) is 0 Å².